The molecule has 4 nitrogen and oxygen atoms in total. The summed E-state index contributed by atoms with van der Waals surface area (Å²) < 4.78 is 10.8. The normalized spacial score (nSPS) is 26.0. The van der Waals surface area contributed by atoms with Crippen LogP contribution in [0.5, 0.6) is 0 Å². The summed E-state index contributed by atoms with van der Waals surface area (Å²) in [6.45, 7) is 4.68. The van der Waals surface area contributed by atoms with Gasteiger partial charge in [-0.3, -0.25) is 0 Å². The lowest BCUT2D eigenvalue weighted by Crippen LogP contribution is -2.42. The van der Waals surface area contributed by atoms with Crippen LogP contribution in [-0.2, 0) is 9.47 Å². The Morgan fingerprint density at radius 3 is 3.17 bits per heavy atom. The maximum absolute atomic E-state index is 5.49. The number of likely N-dealkylation sites (N-methyl/N-ethyl adjacent to an activating group) is 1. The van der Waals surface area contributed by atoms with Crippen molar-refractivity contribution in [1.82, 2.24) is 4.90 Å². The number of rotatable bonds is 4. The van der Waals surface area contributed by atoms with Crippen LogP contribution >= 0.6 is 0 Å². The van der Waals surface area contributed by atoms with E-state index in [4.69, 9.17) is 15.2 Å². The van der Waals surface area contributed by atoms with E-state index in [1.807, 2.05) is 0 Å². The Bertz CT molecular complexity index is 122. The van der Waals surface area contributed by atoms with Crippen molar-refractivity contribution < 1.29 is 9.47 Å². The summed E-state index contributed by atoms with van der Waals surface area (Å²) in [4.78, 5) is 2.25. The predicted molar refractivity (Wildman–Crippen MR) is 47.1 cm³/mol. The first-order chi connectivity index (χ1) is 5.83. The second-order valence-corrected chi connectivity index (χ2v) is 3.12. The van der Waals surface area contributed by atoms with E-state index in [0.717, 1.165) is 19.7 Å². The van der Waals surface area contributed by atoms with Gasteiger partial charge in [0.1, 0.15) is 0 Å². The number of morpholine rings is 1. The molecule has 0 aromatic carbocycles. The first-order valence-electron chi connectivity index (χ1n) is 4.41. The number of hydrogen-bond donors (Lipinski definition) is 1. The van der Waals surface area contributed by atoms with Crippen LogP contribution in [0.25, 0.3) is 0 Å². The fourth-order valence-corrected chi connectivity index (χ4v) is 1.27. The van der Waals surface area contributed by atoms with Crippen molar-refractivity contribution in [2.24, 2.45) is 5.73 Å². The van der Waals surface area contributed by atoms with Gasteiger partial charge in [-0.05, 0) is 7.05 Å². The average molecular weight is 174 g/mol. The third-order valence-corrected chi connectivity index (χ3v) is 1.91. The molecule has 0 aliphatic carbocycles. The number of ether oxygens (including phenoxy) is 2. The molecular formula is C8H18N2O2. The lowest BCUT2D eigenvalue weighted by atomic mass is 10.3. The number of hydrogen-bond acceptors (Lipinski definition) is 4. The van der Waals surface area contributed by atoms with Gasteiger partial charge in [-0.1, -0.05) is 0 Å². The lowest BCUT2D eigenvalue weighted by molar-refractivity contribution is -0.0619. The lowest BCUT2D eigenvalue weighted by Gasteiger charge is -2.29. The summed E-state index contributed by atoms with van der Waals surface area (Å²) in [6, 6.07) is 0. The van der Waals surface area contributed by atoms with Crippen LogP contribution in [0.2, 0.25) is 0 Å². The first-order valence-corrected chi connectivity index (χ1v) is 4.41. The van der Waals surface area contributed by atoms with Gasteiger partial charge in [-0.2, -0.15) is 0 Å². The summed E-state index contributed by atoms with van der Waals surface area (Å²) in [7, 11) is 2.10. The van der Waals surface area contributed by atoms with E-state index in [9.17, 15) is 0 Å². The van der Waals surface area contributed by atoms with Crippen LogP contribution in [0, 0.1) is 0 Å². The van der Waals surface area contributed by atoms with Gasteiger partial charge in [0.25, 0.3) is 0 Å². The maximum atomic E-state index is 5.49. The van der Waals surface area contributed by atoms with Crippen LogP contribution in [0.15, 0.2) is 0 Å². The Balaban J connectivity index is 2.06. The maximum Gasteiger partial charge on any atom is 0.0935 e. The average Bonchev–Trinajstić information content (AvgIpc) is 2.05. The molecule has 4 heteroatoms. The highest BCUT2D eigenvalue weighted by Crippen LogP contribution is 2.02. The van der Waals surface area contributed by atoms with Gasteiger partial charge in [0.15, 0.2) is 0 Å². The Hall–Kier alpha value is -0.160. The van der Waals surface area contributed by atoms with Crippen LogP contribution < -0.4 is 5.73 Å². The quantitative estimate of drug-likeness (QED) is 0.572. The number of nitrogens with two attached hydrogens (primary N) is 1. The van der Waals surface area contributed by atoms with Crippen LogP contribution in [0.1, 0.15) is 0 Å². The largest absolute Gasteiger partial charge is 0.377 e. The monoisotopic (exact) mass is 174 g/mol. The molecule has 1 heterocycles. The van der Waals surface area contributed by atoms with Gasteiger partial charge >= 0.3 is 0 Å². The molecule has 12 heavy (non-hydrogen) atoms. The third kappa shape index (κ3) is 3.49. The van der Waals surface area contributed by atoms with Gasteiger partial charge in [-0.15, -0.1) is 0 Å². The summed E-state index contributed by atoms with van der Waals surface area (Å²) in [5, 5.41) is 0. The van der Waals surface area contributed by atoms with E-state index in [1.165, 1.54) is 0 Å². The Morgan fingerprint density at radius 2 is 2.50 bits per heavy atom. The minimum atomic E-state index is 0.232. The van der Waals surface area contributed by atoms with E-state index in [1.54, 1.807) is 0 Å². The van der Waals surface area contributed by atoms with E-state index in [2.05, 4.69) is 11.9 Å². The fourth-order valence-electron chi connectivity index (χ4n) is 1.27. The number of nitrogens with zero attached hydrogens (tertiary/aromatic N) is 1. The summed E-state index contributed by atoms with van der Waals surface area (Å²) in [5.41, 5.74) is 5.30. The third-order valence-electron chi connectivity index (χ3n) is 1.91. The van der Waals surface area contributed by atoms with E-state index in [0.29, 0.717) is 19.8 Å². The van der Waals surface area contributed by atoms with Gasteiger partial charge in [-0.25, -0.2) is 0 Å². The van der Waals surface area contributed by atoms with Crippen LogP contribution in [0.4, 0.5) is 0 Å². The van der Waals surface area contributed by atoms with E-state index >= 15 is 0 Å². The highest BCUT2D eigenvalue weighted by atomic mass is 16.5. The van der Waals surface area contributed by atoms with Crippen LogP contribution in [0.3, 0.4) is 0 Å². The van der Waals surface area contributed by atoms with Crippen molar-refractivity contribution in [3.8, 4) is 0 Å². The van der Waals surface area contributed by atoms with Gasteiger partial charge in [0.2, 0.25) is 0 Å². The molecule has 0 aromatic heterocycles. The molecule has 0 bridgehead atoms. The summed E-state index contributed by atoms with van der Waals surface area (Å²) in [6.07, 6.45) is 0.232. The van der Waals surface area contributed by atoms with E-state index in [-0.39, 0.29) is 6.10 Å². The van der Waals surface area contributed by atoms with Gasteiger partial charge in [0.05, 0.1) is 25.9 Å². The van der Waals surface area contributed by atoms with Crippen molar-refractivity contribution >= 4 is 0 Å². The highest BCUT2D eigenvalue weighted by Gasteiger charge is 2.17. The van der Waals surface area contributed by atoms with Crippen molar-refractivity contribution in [3.05, 3.63) is 0 Å². The second-order valence-electron chi connectivity index (χ2n) is 3.12. The molecule has 1 aliphatic rings. The molecule has 0 radical (unpaired) electrons. The standard InChI is InChI=1S/C8H18N2O2/c1-10-3-5-12-8(6-10)7-11-4-2-9/h8H,2-7,9H2,1H3. The summed E-state index contributed by atoms with van der Waals surface area (Å²) >= 11 is 0. The zero-order valence-corrected chi connectivity index (χ0v) is 7.66. The Labute approximate surface area is 73.6 Å². The molecule has 2 N–H and O–H groups in total. The van der Waals surface area contributed by atoms with Crippen molar-refractivity contribution in [3.63, 3.8) is 0 Å². The molecule has 72 valence electrons. The van der Waals surface area contributed by atoms with Crippen molar-refractivity contribution in [1.29, 1.82) is 0 Å². The zero-order valence-electron chi connectivity index (χ0n) is 7.66. The minimum Gasteiger partial charge on any atom is -0.377 e. The molecule has 0 aromatic rings. The topological polar surface area (TPSA) is 47.7 Å². The van der Waals surface area contributed by atoms with Crippen molar-refractivity contribution in [2.45, 2.75) is 6.10 Å². The summed E-state index contributed by atoms with van der Waals surface area (Å²) in [5.74, 6) is 0. The molecular weight excluding hydrogens is 156 g/mol. The van der Waals surface area contributed by atoms with Crippen molar-refractivity contribution in [2.75, 3.05) is 46.5 Å². The molecule has 1 atom stereocenters. The SMILES string of the molecule is CN1CCOC(COCCN)C1. The van der Waals surface area contributed by atoms with Gasteiger partial charge in [0, 0.05) is 19.6 Å². The molecule has 1 fully saturated rings. The first kappa shape index (κ1) is 9.92. The minimum absolute atomic E-state index is 0.232. The molecule has 0 spiro atoms. The molecule has 0 saturated carbocycles. The Morgan fingerprint density at radius 1 is 1.67 bits per heavy atom. The zero-order chi connectivity index (χ0) is 8.81. The predicted octanol–water partition coefficient (Wildman–Crippen LogP) is -0.708. The molecule has 1 unspecified atom stereocenters. The molecule has 1 rings (SSSR count). The second kappa shape index (κ2) is 5.48. The smallest absolute Gasteiger partial charge is 0.0935 e. The fraction of sp³-hybridized carbons (Fsp3) is 1.00. The molecule has 1 aliphatic heterocycles. The van der Waals surface area contributed by atoms with Gasteiger partial charge < -0.3 is 20.1 Å². The highest BCUT2D eigenvalue weighted by molar-refractivity contribution is 4.67. The Kier molecular flexibility index (Phi) is 4.53. The molecule has 0 amide bonds. The molecule has 1 saturated heterocycles. The van der Waals surface area contributed by atoms with Crippen LogP contribution in [-0.4, -0.2) is 57.5 Å². The van der Waals surface area contributed by atoms with E-state index < -0.39 is 0 Å².